The number of aryl methyl sites for hydroxylation is 1. The number of H-pyrrole nitrogens is 1. The van der Waals surface area contributed by atoms with E-state index in [0.29, 0.717) is 36.2 Å². The van der Waals surface area contributed by atoms with Gasteiger partial charge in [-0.2, -0.15) is 0 Å². The van der Waals surface area contributed by atoms with Crippen molar-refractivity contribution in [3.63, 3.8) is 0 Å². The van der Waals surface area contributed by atoms with Crippen molar-refractivity contribution < 1.29 is 19.1 Å². The van der Waals surface area contributed by atoms with E-state index in [4.69, 9.17) is 32.4 Å². The molecule has 1 saturated heterocycles. The zero-order chi connectivity index (χ0) is 20.6. The lowest BCUT2D eigenvalue weighted by atomic mass is 10.0. The third-order valence-electron chi connectivity index (χ3n) is 4.67. The van der Waals surface area contributed by atoms with Gasteiger partial charge < -0.3 is 29.5 Å². The highest BCUT2D eigenvalue weighted by atomic mass is 35.5. The SMILES string of the molecule is CO[C@H]1CN(c2nnc(C(C)(C)O)o2)CCC1NC(=O)c1[nH]c(C)c(Cl)c1Cl. The van der Waals surface area contributed by atoms with Gasteiger partial charge in [-0.15, -0.1) is 5.10 Å². The first-order valence-electron chi connectivity index (χ1n) is 8.80. The molecule has 3 N–H and O–H groups in total. The Labute approximate surface area is 172 Å². The fourth-order valence-electron chi connectivity index (χ4n) is 3.05. The Morgan fingerprint density at radius 1 is 1.39 bits per heavy atom. The molecule has 0 aliphatic carbocycles. The summed E-state index contributed by atoms with van der Waals surface area (Å²) in [4.78, 5) is 17.4. The second-order valence-corrected chi connectivity index (χ2v) is 8.05. The third-order valence-corrected chi connectivity index (χ3v) is 5.61. The summed E-state index contributed by atoms with van der Waals surface area (Å²) in [7, 11) is 1.58. The van der Waals surface area contributed by atoms with Crippen LogP contribution in [-0.2, 0) is 10.3 Å². The number of anilines is 1. The van der Waals surface area contributed by atoms with Crippen LogP contribution in [0.15, 0.2) is 4.42 Å². The van der Waals surface area contributed by atoms with Gasteiger partial charge in [0, 0.05) is 19.3 Å². The van der Waals surface area contributed by atoms with Gasteiger partial charge in [0.15, 0.2) is 0 Å². The summed E-state index contributed by atoms with van der Waals surface area (Å²) >= 11 is 12.2. The lowest BCUT2D eigenvalue weighted by Gasteiger charge is -2.37. The highest BCUT2D eigenvalue weighted by Gasteiger charge is 2.34. The number of carbonyl (C=O) groups is 1. The Balaban J connectivity index is 1.68. The molecule has 0 aromatic carbocycles. The summed E-state index contributed by atoms with van der Waals surface area (Å²) in [5, 5.41) is 21.4. The van der Waals surface area contributed by atoms with Crippen molar-refractivity contribution in [3.05, 3.63) is 27.3 Å². The number of ether oxygens (including phenoxy) is 1. The van der Waals surface area contributed by atoms with Gasteiger partial charge >= 0.3 is 6.01 Å². The standard InChI is InChI=1S/C17H23Cl2N5O4/c1-8-11(18)12(19)13(20-8)14(25)21-9-5-6-24(7-10(9)27-4)16-23-22-15(28-16)17(2,3)26/h9-10,20,26H,5-7H2,1-4H3,(H,21,25)/t9?,10-/m0/s1. The molecule has 11 heteroatoms. The number of piperidine rings is 1. The average Bonchev–Trinajstić information content (AvgIpc) is 3.23. The van der Waals surface area contributed by atoms with E-state index in [-0.39, 0.29) is 34.7 Å². The Morgan fingerprint density at radius 3 is 2.64 bits per heavy atom. The van der Waals surface area contributed by atoms with E-state index in [1.54, 1.807) is 27.9 Å². The van der Waals surface area contributed by atoms with E-state index in [9.17, 15) is 9.90 Å². The van der Waals surface area contributed by atoms with Crippen LogP contribution in [0.4, 0.5) is 6.01 Å². The fourth-order valence-corrected chi connectivity index (χ4v) is 3.47. The Kier molecular flexibility index (Phi) is 5.90. The van der Waals surface area contributed by atoms with Crippen LogP contribution in [0.3, 0.4) is 0 Å². The Bertz CT molecular complexity index is 860. The van der Waals surface area contributed by atoms with Crippen molar-refractivity contribution in [2.45, 2.75) is 44.9 Å². The molecule has 1 fully saturated rings. The number of rotatable bonds is 5. The molecule has 1 aliphatic heterocycles. The number of aromatic amines is 1. The molecule has 154 valence electrons. The first-order chi connectivity index (χ1) is 13.1. The Hall–Kier alpha value is -1.81. The maximum Gasteiger partial charge on any atom is 0.318 e. The van der Waals surface area contributed by atoms with Crippen molar-refractivity contribution >= 4 is 35.1 Å². The second kappa shape index (κ2) is 7.90. The zero-order valence-electron chi connectivity index (χ0n) is 16.0. The minimum absolute atomic E-state index is 0.139. The minimum atomic E-state index is -1.22. The fraction of sp³-hybridized carbons (Fsp3) is 0.588. The number of aromatic nitrogens is 3. The van der Waals surface area contributed by atoms with E-state index < -0.39 is 5.60 Å². The average molecular weight is 432 g/mol. The summed E-state index contributed by atoms with van der Waals surface area (Å²) in [5.41, 5.74) is -0.352. The largest absolute Gasteiger partial charge is 0.405 e. The third kappa shape index (κ3) is 4.12. The van der Waals surface area contributed by atoms with Crippen LogP contribution in [0, 0.1) is 6.92 Å². The number of hydrogen-bond donors (Lipinski definition) is 3. The quantitative estimate of drug-likeness (QED) is 0.664. The second-order valence-electron chi connectivity index (χ2n) is 7.29. The van der Waals surface area contributed by atoms with Crippen LogP contribution >= 0.6 is 23.2 Å². The molecule has 0 spiro atoms. The first-order valence-corrected chi connectivity index (χ1v) is 9.56. The number of aliphatic hydroxyl groups is 1. The molecule has 1 unspecified atom stereocenters. The molecule has 1 amide bonds. The molecule has 0 bridgehead atoms. The maximum absolute atomic E-state index is 12.6. The van der Waals surface area contributed by atoms with Gasteiger partial charge in [0.2, 0.25) is 5.89 Å². The molecule has 0 saturated carbocycles. The monoisotopic (exact) mass is 431 g/mol. The maximum atomic E-state index is 12.6. The normalized spacial score (nSPS) is 20.5. The predicted molar refractivity (Wildman–Crippen MR) is 104 cm³/mol. The van der Waals surface area contributed by atoms with E-state index in [0.717, 1.165) is 0 Å². The molecule has 3 heterocycles. The molecule has 2 atom stereocenters. The van der Waals surface area contributed by atoms with Gasteiger partial charge in [-0.25, -0.2) is 0 Å². The smallest absolute Gasteiger partial charge is 0.318 e. The van der Waals surface area contributed by atoms with Gasteiger partial charge in [-0.3, -0.25) is 4.79 Å². The zero-order valence-corrected chi connectivity index (χ0v) is 17.6. The lowest BCUT2D eigenvalue weighted by molar-refractivity contribution is 0.0455. The van der Waals surface area contributed by atoms with Crippen LogP contribution < -0.4 is 10.2 Å². The van der Waals surface area contributed by atoms with Crippen LogP contribution in [0.25, 0.3) is 0 Å². The van der Waals surface area contributed by atoms with Crippen LogP contribution in [0.2, 0.25) is 10.0 Å². The molecule has 9 nitrogen and oxygen atoms in total. The molecule has 2 aromatic rings. The van der Waals surface area contributed by atoms with Crippen LogP contribution in [0.5, 0.6) is 0 Å². The predicted octanol–water partition coefficient (Wildman–Crippen LogP) is 2.26. The van der Waals surface area contributed by atoms with Gasteiger partial charge in [0.1, 0.15) is 11.3 Å². The van der Waals surface area contributed by atoms with Crippen LogP contribution in [-0.4, -0.2) is 58.5 Å². The van der Waals surface area contributed by atoms with Gasteiger partial charge in [-0.1, -0.05) is 28.3 Å². The number of methoxy groups -OCH3 is 1. The van der Waals surface area contributed by atoms with Crippen molar-refractivity contribution in [1.29, 1.82) is 0 Å². The summed E-state index contributed by atoms with van der Waals surface area (Å²) < 4.78 is 11.1. The van der Waals surface area contributed by atoms with E-state index in [1.807, 2.05) is 4.90 Å². The molecule has 0 radical (unpaired) electrons. The molecule has 3 rings (SSSR count). The Morgan fingerprint density at radius 2 is 2.11 bits per heavy atom. The topological polar surface area (TPSA) is 117 Å². The highest BCUT2D eigenvalue weighted by molar-refractivity contribution is 6.44. The van der Waals surface area contributed by atoms with E-state index in [1.165, 1.54) is 0 Å². The number of carbonyl (C=O) groups excluding carboxylic acids is 1. The number of halogens is 2. The van der Waals surface area contributed by atoms with Gasteiger partial charge in [0.05, 0.1) is 28.7 Å². The molecular weight excluding hydrogens is 409 g/mol. The number of nitrogens with zero attached hydrogens (tertiary/aromatic N) is 3. The first kappa shape index (κ1) is 20.9. The van der Waals surface area contributed by atoms with Crippen molar-refractivity contribution in [2.75, 3.05) is 25.1 Å². The highest BCUT2D eigenvalue weighted by Crippen LogP contribution is 2.29. The van der Waals surface area contributed by atoms with E-state index >= 15 is 0 Å². The van der Waals surface area contributed by atoms with E-state index in [2.05, 4.69) is 20.5 Å². The summed E-state index contributed by atoms with van der Waals surface area (Å²) in [5.74, 6) is -0.205. The summed E-state index contributed by atoms with van der Waals surface area (Å²) in [6.07, 6.45) is 0.288. The molecule has 1 aliphatic rings. The number of amides is 1. The molecule has 28 heavy (non-hydrogen) atoms. The van der Waals surface area contributed by atoms with Crippen molar-refractivity contribution in [3.8, 4) is 0 Å². The minimum Gasteiger partial charge on any atom is -0.405 e. The summed E-state index contributed by atoms with van der Waals surface area (Å²) in [6.45, 7) is 5.89. The number of hydrogen-bond acceptors (Lipinski definition) is 7. The van der Waals surface area contributed by atoms with Crippen molar-refractivity contribution in [1.82, 2.24) is 20.5 Å². The summed E-state index contributed by atoms with van der Waals surface area (Å²) in [6, 6.07) is 0.0719. The molecular formula is C17H23Cl2N5O4. The van der Waals surface area contributed by atoms with Gasteiger partial charge in [0.25, 0.3) is 5.91 Å². The number of nitrogens with one attached hydrogen (secondary N) is 2. The van der Waals surface area contributed by atoms with Crippen molar-refractivity contribution in [2.24, 2.45) is 0 Å². The lowest BCUT2D eigenvalue weighted by Crippen LogP contribution is -2.55. The van der Waals surface area contributed by atoms with Gasteiger partial charge in [-0.05, 0) is 27.2 Å². The molecule has 2 aromatic heterocycles. The van der Waals surface area contributed by atoms with Crippen LogP contribution in [0.1, 0.15) is 42.3 Å².